The third-order valence-electron chi connectivity index (χ3n) is 3.66. The zero-order chi connectivity index (χ0) is 17.6. The average molecular weight is 455 g/mol. The van der Waals surface area contributed by atoms with Gasteiger partial charge in [0.05, 0.1) is 10.6 Å². The Morgan fingerprint density at radius 1 is 1.20 bits per heavy atom. The molecule has 126 valence electrons. The number of nitrogens with zero attached hydrogens (tertiary/aromatic N) is 1. The van der Waals surface area contributed by atoms with Crippen molar-refractivity contribution < 1.29 is 14.3 Å². The van der Waals surface area contributed by atoms with Crippen molar-refractivity contribution >= 4 is 73.5 Å². The molecule has 0 aromatic heterocycles. The molecule has 1 amide bonds. The number of carbonyl (C=O) groups excluding carboxylic acids is 1. The maximum Gasteiger partial charge on any atom is 0.270 e. The van der Waals surface area contributed by atoms with Gasteiger partial charge in [0, 0.05) is 9.50 Å². The molecule has 25 heavy (non-hydrogen) atoms. The van der Waals surface area contributed by atoms with Gasteiger partial charge in [0.1, 0.15) is 0 Å². The van der Waals surface area contributed by atoms with E-state index in [0.29, 0.717) is 31.4 Å². The Labute approximate surface area is 166 Å². The summed E-state index contributed by atoms with van der Waals surface area (Å²) in [6.45, 7) is 0.198. The lowest BCUT2D eigenvalue weighted by Crippen LogP contribution is -2.27. The van der Waals surface area contributed by atoms with Crippen LogP contribution in [0.25, 0.3) is 6.08 Å². The molecule has 0 N–H and O–H groups in total. The highest BCUT2D eigenvalue weighted by Crippen LogP contribution is 2.41. The summed E-state index contributed by atoms with van der Waals surface area (Å²) in [6, 6.07) is 10.7. The minimum atomic E-state index is -0.165. The highest BCUT2D eigenvalue weighted by atomic mass is 79.9. The van der Waals surface area contributed by atoms with Gasteiger partial charge >= 0.3 is 0 Å². The number of ether oxygens (including phenoxy) is 2. The van der Waals surface area contributed by atoms with Crippen LogP contribution < -0.4 is 14.4 Å². The Hall–Kier alpha value is -1.54. The molecule has 4 nitrogen and oxygen atoms in total. The Morgan fingerprint density at radius 3 is 2.60 bits per heavy atom. The molecule has 0 atom stereocenters. The van der Waals surface area contributed by atoms with Gasteiger partial charge < -0.3 is 9.47 Å². The first kappa shape index (κ1) is 16.9. The summed E-state index contributed by atoms with van der Waals surface area (Å²) in [5.74, 6) is 1.17. The molecule has 2 aliphatic heterocycles. The van der Waals surface area contributed by atoms with Crippen LogP contribution in [0.1, 0.15) is 5.56 Å². The van der Waals surface area contributed by atoms with Crippen molar-refractivity contribution in [3.8, 4) is 11.5 Å². The van der Waals surface area contributed by atoms with Crippen LogP contribution in [0.5, 0.6) is 11.5 Å². The molecule has 8 heteroatoms. The van der Waals surface area contributed by atoms with Crippen LogP contribution in [0.3, 0.4) is 0 Å². The van der Waals surface area contributed by atoms with Gasteiger partial charge in [-0.15, -0.1) is 0 Å². The van der Waals surface area contributed by atoms with E-state index >= 15 is 0 Å². The fraction of sp³-hybridized carbons (Fsp3) is 0.0588. The number of rotatable bonds is 2. The average Bonchev–Trinajstić information content (AvgIpc) is 3.13. The van der Waals surface area contributed by atoms with Crippen molar-refractivity contribution in [1.29, 1.82) is 0 Å². The van der Waals surface area contributed by atoms with Crippen LogP contribution in [0.4, 0.5) is 5.69 Å². The van der Waals surface area contributed by atoms with E-state index in [0.717, 1.165) is 10.0 Å². The van der Waals surface area contributed by atoms with Gasteiger partial charge in [-0.05, 0) is 48.0 Å². The third kappa shape index (κ3) is 3.17. The van der Waals surface area contributed by atoms with Gasteiger partial charge in [-0.2, -0.15) is 0 Å². The Bertz CT molecular complexity index is 930. The minimum Gasteiger partial charge on any atom is -0.454 e. The molecule has 2 heterocycles. The summed E-state index contributed by atoms with van der Waals surface area (Å²) in [4.78, 5) is 14.8. The van der Waals surface area contributed by atoms with Crippen LogP contribution in [0, 0.1) is 0 Å². The maximum atomic E-state index is 12.8. The second kappa shape index (κ2) is 6.64. The van der Waals surface area contributed by atoms with Crippen molar-refractivity contribution in [2.24, 2.45) is 0 Å². The van der Waals surface area contributed by atoms with E-state index in [1.54, 1.807) is 30.3 Å². The van der Waals surface area contributed by atoms with Gasteiger partial charge in [-0.25, -0.2) is 0 Å². The SMILES string of the molecule is O=C1/C(=C\c2cc3c(cc2Br)OCO3)SC(=S)N1c1ccc(Cl)cc1. The predicted octanol–water partition coefficient (Wildman–Crippen LogP) is 5.24. The van der Waals surface area contributed by atoms with E-state index < -0.39 is 0 Å². The molecule has 0 spiro atoms. The van der Waals surface area contributed by atoms with Crippen molar-refractivity contribution in [2.75, 3.05) is 11.7 Å². The molecular weight excluding hydrogens is 446 g/mol. The highest BCUT2D eigenvalue weighted by molar-refractivity contribution is 9.10. The zero-order valence-electron chi connectivity index (χ0n) is 12.5. The number of hydrogen-bond acceptors (Lipinski definition) is 5. The summed E-state index contributed by atoms with van der Waals surface area (Å²) in [5, 5.41) is 0.606. The minimum absolute atomic E-state index is 0.165. The number of halogens is 2. The molecular formula is C17H9BrClNO3S2. The van der Waals surface area contributed by atoms with Gasteiger partial charge in [0.2, 0.25) is 6.79 Å². The molecule has 2 aromatic carbocycles. The normalized spacial score (nSPS) is 17.7. The number of thioether (sulfide) groups is 1. The van der Waals surface area contributed by atoms with Crippen LogP contribution in [-0.2, 0) is 4.79 Å². The summed E-state index contributed by atoms with van der Waals surface area (Å²) >= 11 is 16.0. The molecule has 0 radical (unpaired) electrons. The standard InChI is InChI=1S/C17H9BrClNO3S2/c18-12-7-14-13(22-8-23-14)5-9(12)6-15-16(21)20(17(24)25-15)11-3-1-10(19)2-4-11/h1-7H,8H2/b15-6+. The molecule has 2 aliphatic rings. The number of amides is 1. The lowest BCUT2D eigenvalue weighted by atomic mass is 10.2. The quantitative estimate of drug-likeness (QED) is 0.458. The second-order valence-corrected chi connectivity index (χ2v) is 8.19. The molecule has 4 rings (SSSR count). The Kier molecular flexibility index (Phi) is 4.49. The lowest BCUT2D eigenvalue weighted by molar-refractivity contribution is -0.113. The third-order valence-corrected chi connectivity index (χ3v) is 5.90. The smallest absolute Gasteiger partial charge is 0.270 e. The summed E-state index contributed by atoms with van der Waals surface area (Å²) in [5.41, 5.74) is 1.51. The number of benzene rings is 2. The first-order valence-electron chi connectivity index (χ1n) is 7.15. The van der Waals surface area contributed by atoms with E-state index in [-0.39, 0.29) is 12.7 Å². The summed E-state index contributed by atoms with van der Waals surface area (Å²) in [7, 11) is 0. The fourth-order valence-electron chi connectivity index (χ4n) is 2.47. The van der Waals surface area contributed by atoms with Gasteiger partial charge in [0.25, 0.3) is 5.91 Å². The molecule has 0 bridgehead atoms. The Balaban J connectivity index is 1.68. The maximum absolute atomic E-state index is 12.8. The van der Waals surface area contributed by atoms with Crippen molar-refractivity contribution in [1.82, 2.24) is 0 Å². The number of hydrogen-bond donors (Lipinski definition) is 0. The van der Waals surface area contributed by atoms with Crippen LogP contribution in [0.15, 0.2) is 45.8 Å². The monoisotopic (exact) mass is 453 g/mol. The topological polar surface area (TPSA) is 38.8 Å². The molecule has 0 unspecified atom stereocenters. The number of fused-ring (bicyclic) bond motifs is 1. The van der Waals surface area contributed by atoms with E-state index in [2.05, 4.69) is 15.9 Å². The lowest BCUT2D eigenvalue weighted by Gasteiger charge is -2.14. The van der Waals surface area contributed by atoms with Crippen LogP contribution in [-0.4, -0.2) is 17.0 Å². The van der Waals surface area contributed by atoms with Crippen molar-refractivity contribution in [3.05, 3.63) is 56.4 Å². The number of carbonyl (C=O) groups is 1. The predicted molar refractivity (Wildman–Crippen MR) is 107 cm³/mol. The van der Waals surface area contributed by atoms with E-state index in [1.165, 1.54) is 16.7 Å². The van der Waals surface area contributed by atoms with Crippen LogP contribution >= 0.6 is 51.5 Å². The molecule has 0 saturated carbocycles. The largest absolute Gasteiger partial charge is 0.454 e. The molecule has 1 fully saturated rings. The van der Waals surface area contributed by atoms with E-state index in [9.17, 15) is 4.79 Å². The van der Waals surface area contributed by atoms with Gasteiger partial charge in [-0.1, -0.05) is 51.5 Å². The number of anilines is 1. The molecule has 2 aromatic rings. The molecule has 0 aliphatic carbocycles. The first-order valence-corrected chi connectivity index (χ1v) is 9.55. The first-order chi connectivity index (χ1) is 12.0. The summed E-state index contributed by atoms with van der Waals surface area (Å²) in [6.07, 6.45) is 1.79. The van der Waals surface area contributed by atoms with Gasteiger partial charge in [0.15, 0.2) is 15.8 Å². The van der Waals surface area contributed by atoms with Crippen molar-refractivity contribution in [2.45, 2.75) is 0 Å². The fourth-order valence-corrected chi connectivity index (χ4v) is 4.32. The second-order valence-electron chi connectivity index (χ2n) is 5.22. The number of thiocarbonyl (C=S) groups is 1. The van der Waals surface area contributed by atoms with Gasteiger partial charge in [-0.3, -0.25) is 9.69 Å². The molecule has 1 saturated heterocycles. The highest BCUT2D eigenvalue weighted by Gasteiger charge is 2.33. The zero-order valence-corrected chi connectivity index (χ0v) is 16.5. The van der Waals surface area contributed by atoms with E-state index in [1.807, 2.05) is 12.1 Å². The Morgan fingerprint density at radius 2 is 1.88 bits per heavy atom. The van der Waals surface area contributed by atoms with E-state index in [4.69, 9.17) is 33.3 Å². The summed E-state index contributed by atoms with van der Waals surface area (Å²) < 4.78 is 12.0. The van der Waals surface area contributed by atoms with Crippen LogP contribution in [0.2, 0.25) is 5.02 Å². The van der Waals surface area contributed by atoms with Crippen molar-refractivity contribution in [3.63, 3.8) is 0 Å².